The van der Waals surface area contributed by atoms with Gasteiger partial charge in [0.1, 0.15) is 0 Å². The molecule has 1 aliphatic rings. The van der Waals surface area contributed by atoms with Crippen molar-refractivity contribution in [3.8, 4) is 0 Å². The Morgan fingerprint density at radius 3 is 2.57 bits per heavy atom. The second-order valence-corrected chi connectivity index (χ2v) is 6.45. The summed E-state index contributed by atoms with van der Waals surface area (Å²) in [7, 11) is 0. The lowest BCUT2D eigenvalue weighted by Crippen LogP contribution is -1.96. The summed E-state index contributed by atoms with van der Waals surface area (Å²) in [6.45, 7) is 0. The Morgan fingerprint density at radius 1 is 1.07 bits per heavy atom. The lowest BCUT2D eigenvalue weighted by atomic mass is 10.0. The molecular weight excluding hydrogens is 372 g/mol. The normalized spacial score (nSPS) is 21.5. The molecule has 0 radical (unpaired) electrons. The second-order valence-electron chi connectivity index (χ2n) is 3.63. The van der Waals surface area contributed by atoms with Crippen LogP contribution < -0.4 is 0 Å². The Hall–Kier alpha value is 0.660. The van der Waals surface area contributed by atoms with Crippen LogP contribution in [0.15, 0.2) is 21.1 Å². The van der Waals surface area contributed by atoms with Crippen molar-refractivity contribution in [2.24, 2.45) is 0 Å². The third-order valence-electron chi connectivity index (χ3n) is 2.69. The van der Waals surface area contributed by atoms with E-state index < -0.39 is 0 Å². The minimum Gasteiger partial charge on any atom is -0.0838 e. The lowest BCUT2D eigenvalue weighted by molar-refractivity contribution is 0.708. The minimum atomic E-state index is 0.506. The molecule has 0 amide bonds. The van der Waals surface area contributed by atoms with Crippen LogP contribution in [0.1, 0.15) is 35.2 Å². The number of halogens is 3. The summed E-state index contributed by atoms with van der Waals surface area (Å²) in [5, 5.41) is 0. The van der Waals surface area contributed by atoms with Gasteiger partial charge in [-0.2, -0.15) is 0 Å². The molecule has 0 saturated carbocycles. The van der Waals surface area contributed by atoms with Crippen molar-refractivity contribution in [3.63, 3.8) is 0 Å². The fraction of sp³-hybridized carbons (Fsp3) is 0.455. The van der Waals surface area contributed by atoms with E-state index >= 15 is 0 Å². The van der Waals surface area contributed by atoms with Crippen LogP contribution in [0.4, 0.5) is 0 Å². The molecule has 3 heteroatoms. The van der Waals surface area contributed by atoms with E-state index in [0.29, 0.717) is 4.83 Å². The highest BCUT2D eigenvalue weighted by Crippen LogP contribution is 2.41. The van der Waals surface area contributed by atoms with Crippen LogP contribution in [0.2, 0.25) is 0 Å². The van der Waals surface area contributed by atoms with Crippen LogP contribution in [0.25, 0.3) is 0 Å². The van der Waals surface area contributed by atoms with Crippen molar-refractivity contribution in [1.82, 2.24) is 0 Å². The Morgan fingerprint density at radius 2 is 1.79 bits per heavy atom. The number of fused-ring (bicyclic) bond motifs is 1. The molecular formula is C11H11Br3. The zero-order valence-electron chi connectivity index (χ0n) is 7.69. The number of benzene rings is 1. The van der Waals surface area contributed by atoms with E-state index in [4.69, 9.17) is 0 Å². The van der Waals surface area contributed by atoms with Gasteiger partial charge < -0.3 is 0 Å². The SMILES string of the molecule is Brc1ccc(Br)c2c1CCCCC2Br. The van der Waals surface area contributed by atoms with Gasteiger partial charge in [0.25, 0.3) is 0 Å². The van der Waals surface area contributed by atoms with Crippen molar-refractivity contribution in [3.05, 3.63) is 32.2 Å². The van der Waals surface area contributed by atoms with Crippen LogP contribution in [-0.2, 0) is 6.42 Å². The van der Waals surface area contributed by atoms with Crippen molar-refractivity contribution in [2.75, 3.05) is 0 Å². The Balaban J connectivity index is 2.57. The van der Waals surface area contributed by atoms with Gasteiger partial charge in [-0.1, -0.05) is 54.2 Å². The quantitative estimate of drug-likeness (QED) is 0.417. The number of hydrogen-bond donors (Lipinski definition) is 0. The van der Waals surface area contributed by atoms with Crippen molar-refractivity contribution >= 4 is 47.8 Å². The van der Waals surface area contributed by atoms with E-state index in [-0.39, 0.29) is 0 Å². The molecule has 0 N–H and O–H groups in total. The summed E-state index contributed by atoms with van der Waals surface area (Å²) in [6, 6.07) is 4.26. The molecule has 14 heavy (non-hydrogen) atoms. The first-order valence-electron chi connectivity index (χ1n) is 4.81. The van der Waals surface area contributed by atoms with E-state index in [1.807, 2.05) is 0 Å². The Kier molecular flexibility index (Phi) is 3.72. The fourth-order valence-corrected chi connectivity index (χ4v) is 4.32. The van der Waals surface area contributed by atoms with Gasteiger partial charge in [-0.25, -0.2) is 0 Å². The number of hydrogen-bond acceptors (Lipinski definition) is 0. The van der Waals surface area contributed by atoms with Gasteiger partial charge in [-0.15, -0.1) is 0 Å². The van der Waals surface area contributed by atoms with Gasteiger partial charge in [0.15, 0.2) is 0 Å². The fourth-order valence-electron chi connectivity index (χ4n) is 1.97. The molecule has 0 bridgehead atoms. The number of alkyl halides is 1. The smallest absolute Gasteiger partial charge is 0.0409 e. The molecule has 0 spiro atoms. The zero-order valence-corrected chi connectivity index (χ0v) is 12.5. The predicted molar refractivity (Wildman–Crippen MR) is 71.1 cm³/mol. The minimum absolute atomic E-state index is 0.506. The predicted octanol–water partition coefficient (Wildman–Crippen LogP) is 5.37. The zero-order chi connectivity index (χ0) is 10.1. The van der Waals surface area contributed by atoms with E-state index in [1.165, 1.54) is 45.8 Å². The maximum absolute atomic E-state index is 3.77. The highest BCUT2D eigenvalue weighted by molar-refractivity contribution is 9.11. The maximum Gasteiger partial charge on any atom is 0.0409 e. The summed E-state index contributed by atoms with van der Waals surface area (Å²) >= 11 is 11.0. The average molecular weight is 383 g/mol. The molecule has 0 nitrogen and oxygen atoms in total. The molecule has 0 heterocycles. The van der Waals surface area contributed by atoms with Gasteiger partial charge >= 0.3 is 0 Å². The summed E-state index contributed by atoms with van der Waals surface area (Å²) in [5.41, 5.74) is 2.91. The highest BCUT2D eigenvalue weighted by atomic mass is 79.9. The molecule has 0 saturated heterocycles. The molecule has 1 unspecified atom stereocenters. The maximum atomic E-state index is 3.77. The topological polar surface area (TPSA) is 0 Å². The van der Waals surface area contributed by atoms with Crippen LogP contribution in [0.5, 0.6) is 0 Å². The summed E-state index contributed by atoms with van der Waals surface area (Å²) in [5.74, 6) is 0. The summed E-state index contributed by atoms with van der Waals surface area (Å²) < 4.78 is 2.49. The van der Waals surface area contributed by atoms with Crippen molar-refractivity contribution in [1.29, 1.82) is 0 Å². The molecule has 0 aliphatic heterocycles. The lowest BCUT2D eigenvalue weighted by Gasteiger charge is -2.14. The van der Waals surface area contributed by atoms with Crippen molar-refractivity contribution in [2.45, 2.75) is 30.5 Å². The first-order chi connectivity index (χ1) is 6.70. The van der Waals surface area contributed by atoms with Crippen LogP contribution in [-0.4, -0.2) is 0 Å². The van der Waals surface area contributed by atoms with Gasteiger partial charge in [-0.3, -0.25) is 0 Å². The van der Waals surface area contributed by atoms with Crippen molar-refractivity contribution < 1.29 is 0 Å². The molecule has 1 aliphatic carbocycles. The summed E-state index contributed by atoms with van der Waals surface area (Å²) in [6.07, 6.45) is 5.03. The molecule has 0 fully saturated rings. The summed E-state index contributed by atoms with van der Waals surface area (Å²) in [4.78, 5) is 0.506. The van der Waals surface area contributed by atoms with E-state index in [1.54, 1.807) is 0 Å². The largest absolute Gasteiger partial charge is 0.0838 e. The first kappa shape index (κ1) is 11.2. The third kappa shape index (κ3) is 2.10. The highest BCUT2D eigenvalue weighted by Gasteiger charge is 2.20. The first-order valence-corrected chi connectivity index (χ1v) is 7.31. The molecule has 2 rings (SSSR count). The van der Waals surface area contributed by atoms with Gasteiger partial charge in [-0.05, 0) is 42.5 Å². The average Bonchev–Trinajstić information content (AvgIpc) is 2.35. The van der Waals surface area contributed by atoms with E-state index in [2.05, 4.69) is 59.9 Å². The molecule has 1 aromatic carbocycles. The van der Waals surface area contributed by atoms with Crippen LogP contribution in [0.3, 0.4) is 0 Å². The second kappa shape index (κ2) is 4.67. The van der Waals surface area contributed by atoms with E-state index in [0.717, 1.165) is 0 Å². The molecule has 0 aromatic heterocycles. The van der Waals surface area contributed by atoms with E-state index in [9.17, 15) is 0 Å². The van der Waals surface area contributed by atoms with Crippen LogP contribution in [0, 0.1) is 0 Å². The molecule has 76 valence electrons. The van der Waals surface area contributed by atoms with Gasteiger partial charge in [0.2, 0.25) is 0 Å². The number of rotatable bonds is 0. The monoisotopic (exact) mass is 380 g/mol. The van der Waals surface area contributed by atoms with Gasteiger partial charge in [0, 0.05) is 13.8 Å². The Bertz CT molecular complexity index is 347. The standard InChI is InChI=1S/C11H11Br3/c12-8-5-6-10(14)11-7(8)3-1-2-4-9(11)13/h5-6,9H,1-4H2. The van der Waals surface area contributed by atoms with Gasteiger partial charge in [0.05, 0.1) is 0 Å². The molecule has 1 atom stereocenters. The molecule has 1 aromatic rings. The Labute approximate surface area is 110 Å². The van der Waals surface area contributed by atoms with Crippen LogP contribution >= 0.6 is 47.8 Å². The third-order valence-corrected chi connectivity index (χ3v) is 5.04.